The molecule has 1 heteroatoms. The third-order valence-corrected chi connectivity index (χ3v) is 8.82. The lowest BCUT2D eigenvalue weighted by Crippen LogP contribution is -1.93. The Labute approximate surface area is 293 Å². The summed E-state index contributed by atoms with van der Waals surface area (Å²) in [6, 6.07) is 14.2. The summed E-state index contributed by atoms with van der Waals surface area (Å²) in [5, 5.41) is 1.23. The molecule has 47 heavy (non-hydrogen) atoms. The van der Waals surface area contributed by atoms with Gasteiger partial charge in [0.2, 0.25) is 0 Å². The van der Waals surface area contributed by atoms with Crippen LogP contribution in [0.15, 0.2) is 174 Å². The number of rotatable bonds is 3. The van der Waals surface area contributed by atoms with E-state index in [0.717, 1.165) is 21.9 Å². The van der Waals surface area contributed by atoms with E-state index in [1.54, 1.807) is 12.1 Å². The smallest absolute Gasteiger partial charge is 0.136 e. The molecule has 1 aromatic heterocycles. The van der Waals surface area contributed by atoms with E-state index in [4.69, 9.17) is 18.1 Å². The molecular weight excluding hydrogens is 569 g/mol. The van der Waals surface area contributed by atoms with Gasteiger partial charge in [0.25, 0.3) is 0 Å². The van der Waals surface area contributed by atoms with Crippen molar-refractivity contribution in [1.29, 1.82) is 0 Å². The van der Waals surface area contributed by atoms with Crippen LogP contribution in [0, 0.1) is 0 Å². The molecule has 218 valence electrons. The molecule has 1 nitrogen and oxygen atoms in total. The fraction of sp³-hybridized carbons (Fsp3) is 0. The summed E-state index contributed by atoms with van der Waals surface area (Å²) in [6.45, 7) is 0. The highest BCUT2D eigenvalue weighted by Gasteiger charge is 2.21. The maximum atomic E-state index is 9.51. The first-order valence-electron chi connectivity index (χ1n) is 22.5. The predicted molar refractivity (Wildman–Crippen MR) is 200 cm³/mol. The van der Waals surface area contributed by atoms with Crippen molar-refractivity contribution in [2.24, 2.45) is 0 Å². The van der Waals surface area contributed by atoms with Gasteiger partial charge in [0.05, 0.1) is 20.6 Å². The lowest BCUT2D eigenvalue weighted by Gasteiger charge is -2.20. The third-order valence-electron chi connectivity index (χ3n) is 8.82. The number of benzene rings is 9. The molecule has 0 spiro atoms. The van der Waals surface area contributed by atoms with Crippen LogP contribution in [0.3, 0.4) is 0 Å². The molecule has 10 aromatic rings. The van der Waals surface area contributed by atoms with Crippen molar-refractivity contribution in [3.8, 4) is 33.4 Å². The van der Waals surface area contributed by atoms with Crippen molar-refractivity contribution >= 4 is 65.0 Å². The number of furan rings is 1. The molecule has 1 heterocycles. The summed E-state index contributed by atoms with van der Waals surface area (Å²) in [7, 11) is 0. The van der Waals surface area contributed by atoms with E-state index in [9.17, 15) is 6.85 Å². The minimum absolute atomic E-state index is 0.0356. The van der Waals surface area contributed by atoms with E-state index in [0.29, 0.717) is 27.5 Å². The van der Waals surface area contributed by atoms with Gasteiger partial charge in [-0.2, -0.15) is 0 Å². The van der Waals surface area contributed by atoms with E-state index >= 15 is 0 Å². The zero-order chi connectivity index (χ0) is 44.0. The summed E-state index contributed by atoms with van der Waals surface area (Å²) < 4.78 is 142. The number of para-hydroxylation sites is 1. The summed E-state index contributed by atoms with van der Waals surface area (Å²) in [5.74, 6) is 0. The number of hydrogen-bond donors (Lipinski definition) is 0. The Morgan fingerprint density at radius 3 is 1.60 bits per heavy atom. The highest BCUT2D eigenvalue weighted by Crippen LogP contribution is 2.48. The Balaban J connectivity index is 1.47. The first-order chi connectivity index (χ1) is 29.6. The Morgan fingerprint density at radius 1 is 0.340 bits per heavy atom. The minimum atomic E-state index is -0.758. The highest BCUT2D eigenvalue weighted by atomic mass is 16.3. The molecule has 0 aliphatic carbocycles. The van der Waals surface area contributed by atoms with Gasteiger partial charge in [-0.1, -0.05) is 157 Å². The second-order valence-corrected chi connectivity index (χ2v) is 11.2. The van der Waals surface area contributed by atoms with Gasteiger partial charge in [-0.3, -0.25) is 0 Å². The molecule has 0 aliphatic rings. The van der Waals surface area contributed by atoms with Crippen molar-refractivity contribution in [3.05, 3.63) is 169 Å². The zero-order valence-corrected chi connectivity index (χ0v) is 24.4. The van der Waals surface area contributed by atoms with Crippen molar-refractivity contribution in [2.75, 3.05) is 0 Å². The summed E-state index contributed by atoms with van der Waals surface area (Å²) in [5.41, 5.74) is 2.58. The van der Waals surface area contributed by atoms with Gasteiger partial charge in [0.15, 0.2) is 0 Å². The molecule has 0 amide bonds. The lowest BCUT2D eigenvalue weighted by atomic mass is 9.83. The molecule has 0 saturated heterocycles. The van der Waals surface area contributed by atoms with Crippen LogP contribution in [0.4, 0.5) is 0 Å². The van der Waals surface area contributed by atoms with Gasteiger partial charge in [0.1, 0.15) is 11.2 Å². The highest BCUT2D eigenvalue weighted by molar-refractivity contribution is 6.26. The predicted octanol–water partition coefficient (Wildman–Crippen LogP) is 13.2. The van der Waals surface area contributed by atoms with Crippen LogP contribution < -0.4 is 0 Å². The minimum Gasteiger partial charge on any atom is -0.456 e. The van der Waals surface area contributed by atoms with Crippen LogP contribution in [0.1, 0.15) is 20.6 Å². The molecule has 0 aliphatic heterocycles. The summed E-state index contributed by atoms with van der Waals surface area (Å²) >= 11 is 0. The van der Waals surface area contributed by atoms with Crippen LogP contribution in [0.5, 0.6) is 0 Å². The number of hydrogen-bond acceptors (Lipinski definition) is 1. The Morgan fingerprint density at radius 2 is 0.872 bits per heavy atom. The fourth-order valence-electron chi connectivity index (χ4n) is 6.90. The van der Waals surface area contributed by atoms with Crippen molar-refractivity contribution < 1.29 is 25.0 Å². The molecule has 0 unspecified atom stereocenters. The second kappa shape index (κ2) is 10.2. The summed E-state index contributed by atoms with van der Waals surface area (Å²) in [6.07, 6.45) is 0. The SMILES string of the molecule is [2H]c1c([2H])c([2H])c2c(-c3c4c([2H])c([2H])c([2H])c([2H])c4c(-c4ccc(-c5cccc6oc7ccccc7c56)c5ccccc45)c4c([2H])c([2H])c([2H])c([2H])c34)c([2H])c([2H])c([2H])c2c1[2H]. The quantitative estimate of drug-likeness (QED) is 0.181. The molecule has 0 N–H and O–H groups in total. The maximum Gasteiger partial charge on any atom is 0.136 e. The average Bonchev–Trinajstić information content (AvgIpc) is 3.67. The van der Waals surface area contributed by atoms with Crippen molar-refractivity contribution in [2.45, 2.75) is 0 Å². The van der Waals surface area contributed by atoms with E-state index in [-0.39, 0.29) is 32.7 Å². The molecule has 9 aromatic carbocycles. The molecule has 0 saturated carbocycles. The molecular formula is C46H28O. The van der Waals surface area contributed by atoms with Crippen LogP contribution in [-0.2, 0) is 0 Å². The van der Waals surface area contributed by atoms with Crippen LogP contribution in [0.2, 0.25) is 0 Å². The third kappa shape index (κ3) is 3.84. The first kappa shape index (κ1) is 15.4. The Bertz CT molecular complexity index is 3620. The van der Waals surface area contributed by atoms with E-state index < -0.39 is 107 Å². The first-order valence-corrected chi connectivity index (χ1v) is 15.0. The Kier molecular flexibility index (Phi) is 3.33. The van der Waals surface area contributed by atoms with Gasteiger partial charge in [0, 0.05) is 10.8 Å². The van der Waals surface area contributed by atoms with Crippen molar-refractivity contribution in [3.63, 3.8) is 0 Å². The molecule has 0 fully saturated rings. The lowest BCUT2D eigenvalue weighted by molar-refractivity contribution is 0.669. The largest absolute Gasteiger partial charge is 0.456 e. The van der Waals surface area contributed by atoms with E-state index in [1.165, 1.54) is 0 Å². The van der Waals surface area contributed by atoms with Gasteiger partial charge in [-0.15, -0.1) is 0 Å². The van der Waals surface area contributed by atoms with Gasteiger partial charge in [-0.25, -0.2) is 0 Å². The maximum absolute atomic E-state index is 9.51. The topological polar surface area (TPSA) is 13.1 Å². The standard InChI is InChI=1S/C46H28O/c1-2-15-30-29(13-1)14-11-23-34(30)44-36-18-5-7-20-38(36)45(39-21-8-6-19-37(39)44)40-28-27-33(31-16-3-4-17-32(31)40)35-24-12-26-43-46(35)41-22-9-10-25-42(41)47-43/h1-28H/i1D,2D,5D,6D,7D,8D,11D,13D,14D,15D,18D,19D,20D,21D,23D. The van der Waals surface area contributed by atoms with Crippen LogP contribution >= 0.6 is 0 Å². The van der Waals surface area contributed by atoms with Crippen molar-refractivity contribution in [1.82, 2.24) is 0 Å². The fourth-order valence-corrected chi connectivity index (χ4v) is 6.90. The van der Waals surface area contributed by atoms with Gasteiger partial charge >= 0.3 is 0 Å². The zero-order valence-electron chi connectivity index (χ0n) is 39.4. The molecule has 0 radical (unpaired) electrons. The monoisotopic (exact) mass is 611 g/mol. The van der Waals surface area contributed by atoms with E-state index in [2.05, 4.69) is 0 Å². The Hall–Kier alpha value is -6.18. The van der Waals surface area contributed by atoms with Crippen LogP contribution in [0.25, 0.3) is 98.4 Å². The molecule has 0 atom stereocenters. The normalized spacial score (nSPS) is 16.3. The number of fused-ring (bicyclic) bond motifs is 7. The average molecular weight is 612 g/mol. The molecule has 10 rings (SSSR count). The summed E-state index contributed by atoms with van der Waals surface area (Å²) in [4.78, 5) is 0. The van der Waals surface area contributed by atoms with E-state index in [1.807, 2.05) is 66.7 Å². The molecule has 0 bridgehead atoms. The van der Waals surface area contributed by atoms with Gasteiger partial charge in [-0.05, 0) is 88.6 Å². The van der Waals surface area contributed by atoms with Crippen LogP contribution in [-0.4, -0.2) is 0 Å². The second-order valence-electron chi connectivity index (χ2n) is 11.2. The van der Waals surface area contributed by atoms with Gasteiger partial charge < -0.3 is 4.42 Å².